The number of benzene rings is 1. The number of piperidine rings is 1. The van der Waals surface area contributed by atoms with E-state index in [1.54, 1.807) is 0 Å². The van der Waals surface area contributed by atoms with E-state index >= 15 is 0 Å². The summed E-state index contributed by atoms with van der Waals surface area (Å²) in [6.07, 6.45) is 3.70. The van der Waals surface area contributed by atoms with Gasteiger partial charge in [0.2, 0.25) is 0 Å². The van der Waals surface area contributed by atoms with Gasteiger partial charge in [-0.15, -0.1) is 0 Å². The molecular formula is C16H25NO2. The van der Waals surface area contributed by atoms with Crippen molar-refractivity contribution < 1.29 is 9.47 Å². The molecule has 0 atom stereocenters. The van der Waals surface area contributed by atoms with Crippen LogP contribution in [0.25, 0.3) is 0 Å². The SMILES string of the molecule is CCOc1ccc(CC2CCNCC2)cc1OCC. The van der Waals surface area contributed by atoms with E-state index in [9.17, 15) is 0 Å². The third-order valence-corrected chi connectivity index (χ3v) is 3.59. The van der Waals surface area contributed by atoms with E-state index in [2.05, 4.69) is 17.4 Å². The first kappa shape index (κ1) is 14.2. The zero-order valence-corrected chi connectivity index (χ0v) is 12.1. The molecule has 1 aliphatic heterocycles. The number of ether oxygens (including phenoxy) is 2. The van der Waals surface area contributed by atoms with E-state index in [0.717, 1.165) is 36.9 Å². The minimum Gasteiger partial charge on any atom is -0.490 e. The van der Waals surface area contributed by atoms with Crippen LogP contribution in [0.1, 0.15) is 32.3 Å². The Balaban J connectivity index is 2.05. The standard InChI is InChI=1S/C16H25NO2/c1-3-18-15-6-5-14(12-16(15)19-4-2)11-13-7-9-17-10-8-13/h5-6,12-13,17H,3-4,7-11H2,1-2H3. The topological polar surface area (TPSA) is 30.5 Å². The van der Waals surface area contributed by atoms with Crippen LogP contribution in [0.4, 0.5) is 0 Å². The Morgan fingerprint density at radius 2 is 1.74 bits per heavy atom. The first-order valence-electron chi connectivity index (χ1n) is 7.42. The molecule has 2 rings (SSSR count). The molecule has 1 aliphatic rings. The van der Waals surface area contributed by atoms with Gasteiger partial charge in [-0.2, -0.15) is 0 Å². The summed E-state index contributed by atoms with van der Waals surface area (Å²) in [5.41, 5.74) is 1.36. The summed E-state index contributed by atoms with van der Waals surface area (Å²) in [4.78, 5) is 0. The Kier molecular flexibility index (Phi) is 5.52. The molecular weight excluding hydrogens is 238 g/mol. The molecule has 0 spiro atoms. The maximum absolute atomic E-state index is 5.68. The van der Waals surface area contributed by atoms with Crippen molar-refractivity contribution in [2.24, 2.45) is 5.92 Å². The lowest BCUT2D eigenvalue weighted by Gasteiger charge is -2.23. The predicted molar refractivity (Wildman–Crippen MR) is 78.1 cm³/mol. The average Bonchev–Trinajstić information content (AvgIpc) is 2.43. The van der Waals surface area contributed by atoms with Gasteiger partial charge in [0.05, 0.1) is 13.2 Å². The van der Waals surface area contributed by atoms with Crippen molar-refractivity contribution >= 4 is 0 Å². The largest absolute Gasteiger partial charge is 0.490 e. The quantitative estimate of drug-likeness (QED) is 0.855. The molecule has 0 unspecified atom stereocenters. The second-order valence-corrected chi connectivity index (χ2v) is 5.04. The fraction of sp³-hybridized carbons (Fsp3) is 0.625. The first-order chi connectivity index (χ1) is 9.33. The van der Waals surface area contributed by atoms with Gasteiger partial charge in [0, 0.05) is 0 Å². The molecule has 1 N–H and O–H groups in total. The molecule has 0 saturated carbocycles. The van der Waals surface area contributed by atoms with Gasteiger partial charge in [0.25, 0.3) is 0 Å². The molecule has 1 fully saturated rings. The highest BCUT2D eigenvalue weighted by atomic mass is 16.5. The van der Waals surface area contributed by atoms with Crippen LogP contribution >= 0.6 is 0 Å². The van der Waals surface area contributed by atoms with Crippen LogP contribution in [0.5, 0.6) is 11.5 Å². The fourth-order valence-corrected chi connectivity index (χ4v) is 2.64. The molecule has 19 heavy (non-hydrogen) atoms. The molecule has 3 heteroatoms. The lowest BCUT2D eigenvalue weighted by atomic mass is 9.91. The number of hydrogen-bond donors (Lipinski definition) is 1. The number of rotatable bonds is 6. The van der Waals surface area contributed by atoms with Crippen LogP contribution in [0, 0.1) is 5.92 Å². The van der Waals surface area contributed by atoms with Crippen molar-refractivity contribution in [1.29, 1.82) is 0 Å². The minimum atomic E-state index is 0.674. The molecule has 3 nitrogen and oxygen atoms in total. The van der Waals surface area contributed by atoms with Crippen molar-refractivity contribution in [3.05, 3.63) is 23.8 Å². The van der Waals surface area contributed by atoms with Gasteiger partial charge in [0.1, 0.15) is 0 Å². The third-order valence-electron chi connectivity index (χ3n) is 3.59. The highest BCUT2D eigenvalue weighted by molar-refractivity contribution is 5.43. The van der Waals surface area contributed by atoms with E-state index in [1.807, 2.05) is 19.9 Å². The molecule has 1 aromatic carbocycles. The van der Waals surface area contributed by atoms with Crippen molar-refractivity contribution in [2.75, 3.05) is 26.3 Å². The number of hydrogen-bond acceptors (Lipinski definition) is 3. The zero-order valence-electron chi connectivity index (χ0n) is 12.1. The molecule has 0 amide bonds. The second kappa shape index (κ2) is 7.39. The van der Waals surface area contributed by atoms with E-state index in [4.69, 9.17) is 9.47 Å². The summed E-state index contributed by atoms with van der Waals surface area (Å²) in [5.74, 6) is 2.54. The van der Waals surface area contributed by atoms with Crippen molar-refractivity contribution in [3.63, 3.8) is 0 Å². The Morgan fingerprint density at radius 1 is 1.05 bits per heavy atom. The monoisotopic (exact) mass is 263 g/mol. The van der Waals surface area contributed by atoms with Crippen LogP contribution in [-0.2, 0) is 6.42 Å². The first-order valence-corrected chi connectivity index (χ1v) is 7.42. The molecule has 1 heterocycles. The summed E-state index contributed by atoms with van der Waals surface area (Å²) in [6, 6.07) is 6.37. The highest BCUT2D eigenvalue weighted by Gasteiger charge is 2.15. The molecule has 1 saturated heterocycles. The van der Waals surface area contributed by atoms with Crippen molar-refractivity contribution in [2.45, 2.75) is 33.1 Å². The zero-order chi connectivity index (χ0) is 13.5. The van der Waals surface area contributed by atoms with Gasteiger partial charge in [-0.3, -0.25) is 0 Å². The Morgan fingerprint density at radius 3 is 2.42 bits per heavy atom. The van der Waals surface area contributed by atoms with E-state index in [0.29, 0.717) is 13.2 Å². The molecule has 0 radical (unpaired) electrons. The van der Waals surface area contributed by atoms with Crippen LogP contribution in [0.15, 0.2) is 18.2 Å². The Hall–Kier alpha value is -1.22. The van der Waals surface area contributed by atoms with Crippen molar-refractivity contribution in [1.82, 2.24) is 5.32 Å². The van der Waals surface area contributed by atoms with Crippen LogP contribution in [0.2, 0.25) is 0 Å². The normalized spacial score (nSPS) is 16.3. The summed E-state index contributed by atoms with van der Waals surface area (Å²) >= 11 is 0. The highest BCUT2D eigenvalue weighted by Crippen LogP contribution is 2.30. The van der Waals surface area contributed by atoms with Crippen LogP contribution in [0.3, 0.4) is 0 Å². The smallest absolute Gasteiger partial charge is 0.161 e. The van der Waals surface area contributed by atoms with Gasteiger partial charge in [-0.05, 0) is 69.8 Å². The maximum Gasteiger partial charge on any atom is 0.161 e. The third kappa shape index (κ3) is 4.13. The summed E-state index contributed by atoms with van der Waals surface area (Å²) < 4.78 is 11.3. The molecule has 0 bridgehead atoms. The predicted octanol–water partition coefficient (Wildman–Crippen LogP) is 3.03. The summed E-state index contributed by atoms with van der Waals surface area (Å²) in [7, 11) is 0. The lowest BCUT2D eigenvalue weighted by molar-refractivity contribution is 0.287. The van der Waals surface area contributed by atoms with Gasteiger partial charge in [-0.25, -0.2) is 0 Å². The van der Waals surface area contributed by atoms with E-state index in [-0.39, 0.29) is 0 Å². The average molecular weight is 263 g/mol. The minimum absolute atomic E-state index is 0.674. The van der Waals surface area contributed by atoms with Gasteiger partial charge in [-0.1, -0.05) is 6.07 Å². The number of nitrogens with one attached hydrogen (secondary N) is 1. The van der Waals surface area contributed by atoms with Gasteiger partial charge >= 0.3 is 0 Å². The van der Waals surface area contributed by atoms with Crippen LogP contribution < -0.4 is 14.8 Å². The van der Waals surface area contributed by atoms with Crippen LogP contribution in [-0.4, -0.2) is 26.3 Å². The summed E-state index contributed by atoms with van der Waals surface area (Å²) in [6.45, 7) is 7.67. The maximum atomic E-state index is 5.68. The lowest BCUT2D eigenvalue weighted by Crippen LogP contribution is -2.28. The van der Waals surface area contributed by atoms with Crippen molar-refractivity contribution in [3.8, 4) is 11.5 Å². The summed E-state index contributed by atoms with van der Waals surface area (Å²) in [5, 5.41) is 3.41. The van der Waals surface area contributed by atoms with E-state index < -0.39 is 0 Å². The second-order valence-electron chi connectivity index (χ2n) is 5.04. The Bertz CT molecular complexity index is 386. The van der Waals surface area contributed by atoms with E-state index in [1.165, 1.54) is 18.4 Å². The van der Waals surface area contributed by atoms with Gasteiger partial charge < -0.3 is 14.8 Å². The molecule has 1 aromatic rings. The molecule has 106 valence electrons. The Labute approximate surface area is 116 Å². The molecule has 0 aromatic heterocycles. The van der Waals surface area contributed by atoms with Gasteiger partial charge in [0.15, 0.2) is 11.5 Å². The molecule has 0 aliphatic carbocycles. The fourth-order valence-electron chi connectivity index (χ4n) is 2.64.